The van der Waals surface area contributed by atoms with Crippen LogP contribution in [0.15, 0.2) is 24.4 Å². The smallest absolute Gasteiger partial charge is 0.156 e. The predicted octanol–water partition coefficient (Wildman–Crippen LogP) is 5.05. The van der Waals surface area contributed by atoms with Crippen LogP contribution < -0.4 is 0 Å². The molecule has 0 N–H and O–H groups in total. The number of hydrogen-bond donors (Lipinski definition) is 0. The zero-order valence-electron chi connectivity index (χ0n) is 17.0. The van der Waals surface area contributed by atoms with E-state index in [0.29, 0.717) is 13.2 Å². The van der Waals surface area contributed by atoms with Crippen LogP contribution >= 0.6 is 0 Å². The van der Waals surface area contributed by atoms with Crippen molar-refractivity contribution in [1.82, 2.24) is 9.78 Å². The van der Waals surface area contributed by atoms with Gasteiger partial charge in [-0.15, -0.1) is 0 Å². The molecule has 5 heteroatoms. The third-order valence-electron chi connectivity index (χ3n) is 6.36. The van der Waals surface area contributed by atoms with Gasteiger partial charge in [-0.05, 0) is 54.1 Å². The molecule has 2 aliphatic carbocycles. The molecular formula is C22H30N2O2Si. The maximum atomic E-state index is 12.1. The first-order valence-electron chi connectivity index (χ1n) is 10.1. The van der Waals surface area contributed by atoms with Crippen LogP contribution in [0.3, 0.4) is 0 Å². The van der Waals surface area contributed by atoms with E-state index in [4.69, 9.17) is 4.74 Å². The van der Waals surface area contributed by atoms with E-state index in [2.05, 4.69) is 43.8 Å². The molecule has 2 aromatic rings. The zero-order chi connectivity index (χ0) is 19.2. The Morgan fingerprint density at radius 1 is 1.30 bits per heavy atom. The molecule has 144 valence electrons. The second-order valence-electron chi connectivity index (χ2n) is 9.35. The van der Waals surface area contributed by atoms with Gasteiger partial charge in [0, 0.05) is 31.9 Å². The number of ether oxygens (including phenoxy) is 1. The lowest BCUT2D eigenvalue weighted by Crippen LogP contribution is -2.24. The molecule has 1 unspecified atom stereocenters. The average molecular weight is 383 g/mol. The lowest BCUT2D eigenvalue weighted by atomic mass is 9.71. The van der Waals surface area contributed by atoms with Crippen LogP contribution in [0.4, 0.5) is 0 Å². The highest BCUT2D eigenvalue weighted by Crippen LogP contribution is 2.54. The highest BCUT2D eigenvalue weighted by atomic mass is 28.3. The summed E-state index contributed by atoms with van der Waals surface area (Å²) in [6.07, 6.45) is 7.65. The number of fused-ring (bicyclic) bond motifs is 5. The molecule has 27 heavy (non-hydrogen) atoms. The summed E-state index contributed by atoms with van der Waals surface area (Å²) in [5.74, 6) is 0.272. The first-order valence-corrected chi connectivity index (χ1v) is 13.8. The molecule has 0 radical (unpaired) electrons. The molecule has 1 heterocycles. The van der Waals surface area contributed by atoms with E-state index in [0.717, 1.165) is 31.4 Å². The molecule has 0 spiro atoms. The number of aromatic nitrogens is 2. The summed E-state index contributed by atoms with van der Waals surface area (Å²) in [6.45, 7) is 10.7. The number of nitrogens with zero attached hydrogens (tertiary/aromatic N) is 2. The van der Waals surface area contributed by atoms with Crippen molar-refractivity contribution in [1.29, 1.82) is 0 Å². The molecular weight excluding hydrogens is 352 g/mol. The first kappa shape index (κ1) is 18.6. The summed E-state index contributed by atoms with van der Waals surface area (Å²) in [4.78, 5) is 12.1. The average Bonchev–Trinajstić information content (AvgIpc) is 3.17. The molecule has 2 aliphatic rings. The van der Waals surface area contributed by atoms with Gasteiger partial charge in [-0.25, -0.2) is 4.68 Å². The third kappa shape index (κ3) is 3.32. The molecule has 0 saturated heterocycles. The number of rotatable bonds is 6. The highest BCUT2D eigenvalue weighted by Gasteiger charge is 2.43. The van der Waals surface area contributed by atoms with Gasteiger partial charge in [-0.1, -0.05) is 32.6 Å². The Hall–Kier alpha value is -1.72. The molecule has 1 aromatic carbocycles. The van der Waals surface area contributed by atoms with E-state index in [1.54, 1.807) is 0 Å². The fraction of sp³-hybridized carbons (Fsp3) is 0.545. The molecule has 0 bridgehead atoms. The van der Waals surface area contributed by atoms with Crippen LogP contribution in [-0.4, -0.2) is 30.2 Å². The Morgan fingerprint density at radius 3 is 2.85 bits per heavy atom. The first-order chi connectivity index (χ1) is 12.8. The molecule has 0 aliphatic heterocycles. The van der Waals surface area contributed by atoms with Crippen LogP contribution in [0.25, 0.3) is 16.5 Å². The fourth-order valence-electron chi connectivity index (χ4n) is 4.55. The van der Waals surface area contributed by atoms with Crippen molar-refractivity contribution in [3.05, 3.63) is 35.5 Å². The van der Waals surface area contributed by atoms with E-state index < -0.39 is 8.07 Å². The monoisotopic (exact) mass is 382 g/mol. The quantitative estimate of drug-likeness (QED) is 0.519. The van der Waals surface area contributed by atoms with Crippen molar-refractivity contribution in [3.63, 3.8) is 0 Å². The predicted molar refractivity (Wildman–Crippen MR) is 112 cm³/mol. The van der Waals surface area contributed by atoms with Gasteiger partial charge in [0.1, 0.15) is 6.73 Å². The summed E-state index contributed by atoms with van der Waals surface area (Å²) in [7, 11) is -1.07. The molecule has 4 nitrogen and oxygen atoms in total. The summed E-state index contributed by atoms with van der Waals surface area (Å²) in [6, 6.07) is 5.51. The van der Waals surface area contributed by atoms with Crippen LogP contribution in [0.2, 0.25) is 25.7 Å². The van der Waals surface area contributed by atoms with Crippen LogP contribution in [0.5, 0.6) is 0 Å². The third-order valence-corrected chi connectivity index (χ3v) is 8.06. The number of carbonyl (C=O) groups excluding carboxylic acids is 1. The van der Waals surface area contributed by atoms with Crippen molar-refractivity contribution in [3.8, 4) is 0 Å². The largest absolute Gasteiger partial charge is 0.360 e. The highest BCUT2D eigenvalue weighted by molar-refractivity contribution is 6.76. The Bertz CT molecular complexity index is 922. The summed E-state index contributed by atoms with van der Waals surface area (Å²) in [5.41, 5.74) is 5.16. The Balaban J connectivity index is 1.62. The van der Waals surface area contributed by atoms with Crippen molar-refractivity contribution in [2.45, 2.75) is 65.0 Å². The molecule has 1 aromatic heterocycles. The minimum Gasteiger partial charge on any atom is -0.360 e. The van der Waals surface area contributed by atoms with Crippen LogP contribution in [-0.2, 0) is 22.7 Å². The summed E-state index contributed by atoms with van der Waals surface area (Å²) >= 11 is 0. The fourth-order valence-corrected chi connectivity index (χ4v) is 5.30. The van der Waals surface area contributed by atoms with Gasteiger partial charge in [-0.2, -0.15) is 5.10 Å². The van der Waals surface area contributed by atoms with Gasteiger partial charge in [0.25, 0.3) is 0 Å². The Morgan fingerprint density at radius 2 is 2.11 bits per heavy atom. The topological polar surface area (TPSA) is 44.1 Å². The van der Waals surface area contributed by atoms with Gasteiger partial charge in [0.2, 0.25) is 0 Å². The number of allylic oxidation sites excluding steroid dienone is 2. The Labute approximate surface area is 162 Å². The van der Waals surface area contributed by atoms with Crippen molar-refractivity contribution >= 4 is 30.3 Å². The van der Waals surface area contributed by atoms with Crippen LogP contribution in [0, 0.1) is 5.41 Å². The second kappa shape index (κ2) is 6.71. The summed E-state index contributed by atoms with van der Waals surface area (Å²) < 4.78 is 7.88. The molecule has 4 rings (SSSR count). The zero-order valence-corrected chi connectivity index (χ0v) is 18.0. The number of benzene rings is 1. The van der Waals surface area contributed by atoms with Gasteiger partial charge >= 0.3 is 0 Å². The standard InChI is InChI=1S/C22H30N2O2Si/c1-5-22-9-8-16(25)12-20(22)17-6-7-21-19(18(17)13-22)14-23-24(21)15-26-10-11-27(2,3)4/h6-7,12,14H,5,8-11,13,15H2,1-4H3. The molecule has 0 fully saturated rings. The maximum Gasteiger partial charge on any atom is 0.156 e. The van der Waals surface area contributed by atoms with Crippen molar-refractivity contribution < 1.29 is 9.53 Å². The van der Waals surface area contributed by atoms with Crippen molar-refractivity contribution in [2.75, 3.05) is 6.61 Å². The lowest BCUT2D eigenvalue weighted by molar-refractivity contribution is -0.115. The van der Waals surface area contributed by atoms with Gasteiger partial charge in [0.15, 0.2) is 5.78 Å². The van der Waals surface area contributed by atoms with E-state index >= 15 is 0 Å². The number of ketones is 1. The van der Waals surface area contributed by atoms with E-state index in [-0.39, 0.29) is 11.2 Å². The SMILES string of the molecule is CCC12CCC(=O)C=C1c1ccc3c(cnn3COCC[Si](C)(C)C)c1C2. The van der Waals surface area contributed by atoms with E-state index in [1.807, 2.05) is 17.0 Å². The van der Waals surface area contributed by atoms with Gasteiger partial charge in [-0.3, -0.25) is 4.79 Å². The van der Waals surface area contributed by atoms with Gasteiger partial charge in [0.05, 0.1) is 11.7 Å². The number of carbonyl (C=O) groups is 1. The van der Waals surface area contributed by atoms with E-state index in [1.165, 1.54) is 28.1 Å². The number of hydrogen-bond acceptors (Lipinski definition) is 3. The van der Waals surface area contributed by atoms with Gasteiger partial charge < -0.3 is 4.74 Å². The maximum absolute atomic E-state index is 12.1. The molecule has 0 saturated carbocycles. The minimum atomic E-state index is -1.07. The van der Waals surface area contributed by atoms with E-state index in [9.17, 15) is 4.79 Å². The lowest BCUT2D eigenvalue weighted by Gasteiger charge is -2.32. The molecule has 1 atom stereocenters. The Kier molecular flexibility index (Phi) is 4.63. The van der Waals surface area contributed by atoms with Crippen molar-refractivity contribution in [2.24, 2.45) is 5.41 Å². The van der Waals surface area contributed by atoms with Crippen LogP contribution in [0.1, 0.15) is 37.3 Å². The second-order valence-corrected chi connectivity index (χ2v) is 15.0. The normalized spacial score (nSPS) is 22.1. The molecule has 0 amide bonds. The minimum absolute atomic E-state index is 0.139. The summed E-state index contributed by atoms with van der Waals surface area (Å²) in [5, 5.41) is 5.82.